The van der Waals surface area contributed by atoms with Crippen LogP contribution in [0.1, 0.15) is 25.7 Å². The molecule has 1 saturated heterocycles. The minimum absolute atomic E-state index is 0.0978. The minimum Gasteiger partial charge on any atom is -0.469 e. The molecule has 15 heavy (non-hydrogen) atoms. The van der Waals surface area contributed by atoms with Crippen molar-refractivity contribution in [2.24, 2.45) is 0 Å². The van der Waals surface area contributed by atoms with Crippen LogP contribution in [0.2, 0.25) is 0 Å². The first-order valence-corrected chi connectivity index (χ1v) is 5.73. The predicted molar refractivity (Wildman–Crippen MR) is 59.8 cm³/mol. The molecule has 1 atom stereocenters. The number of hydrogen-bond acceptors (Lipinski definition) is 4. The number of carbonyl (C=O) groups is 1. The van der Waals surface area contributed by atoms with Crippen LogP contribution in [-0.4, -0.2) is 50.7 Å². The van der Waals surface area contributed by atoms with Gasteiger partial charge in [0.2, 0.25) is 0 Å². The summed E-state index contributed by atoms with van der Waals surface area (Å²) in [4.78, 5) is 13.4. The summed E-state index contributed by atoms with van der Waals surface area (Å²) in [5.41, 5.74) is 0. The molecule has 1 unspecified atom stereocenters. The lowest BCUT2D eigenvalue weighted by Crippen LogP contribution is -2.37. The number of methoxy groups -OCH3 is 1. The largest absolute Gasteiger partial charge is 0.469 e. The number of likely N-dealkylation sites (N-methyl/N-ethyl adjacent to an activating group) is 1. The summed E-state index contributed by atoms with van der Waals surface area (Å²) in [6, 6.07) is 0.660. The molecule has 1 fully saturated rings. The Hall–Kier alpha value is -0.610. The van der Waals surface area contributed by atoms with Crippen molar-refractivity contribution in [3.63, 3.8) is 0 Å². The van der Waals surface area contributed by atoms with Gasteiger partial charge in [-0.05, 0) is 39.4 Å². The molecule has 0 aliphatic carbocycles. The topological polar surface area (TPSA) is 41.6 Å². The van der Waals surface area contributed by atoms with Crippen molar-refractivity contribution >= 4 is 5.97 Å². The van der Waals surface area contributed by atoms with Gasteiger partial charge in [0.15, 0.2) is 0 Å². The Bertz CT molecular complexity index is 197. The second kappa shape index (κ2) is 6.80. The van der Waals surface area contributed by atoms with Gasteiger partial charge in [-0.25, -0.2) is 0 Å². The molecule has 1 rings (SSSR count). The third-order valence-corrected chi connectivity index (χ3v) is 2.99. The van der Waals surface area contributed by atoms with Crippen molar-refractivity contribution in [2.45, 2.75) is 31.7 Å². The van der Waals surface area contributed by atoms with E-state index in [9.17, 15) is 4.79 Å². The van der Waals surface area contributed by atoms with Crippen molar-refractivity contribution in [3.8, 4) is 0 Å². The number of esters is 1. The zero-order chi connectivity index (χ0) is 11.1. The van der Waals surface area contributed by atoms with Gasteiger partial charge in [-0.15, -0.1) is 0 Å². The number of carbonyl (C=O) groups excluding carboxylic acids is 1. The van der Waals surface area contributed by atoms with Crippen molar-refractivity contribution in [2.75, 3.05) is 33.8 Å². The van der Waals surface area contributed by atoms with Gasteiger partial charge < -0.3 is 10.1 Å². The van der Waals surface area contributed by atoms with Gasteiger partial charge in [-0.1, -0.05) is 0 Å². The monoisotopic (exact) mass is 214 g/mol. The van der Waals surface area contributed by atoms with Crippen molar-refractivity contribution in [1.29, 1.82) is 0 Å². The molecule has 88 valence electrons. The molecule has 0 bridgehead atoms. The molecule has 0 amide bonds. The maximum Gasteiger partial charge on any atom is 0.305 e. The Morgan fingerprint density at radius 2 is 2.40 bits per heavy atom. The van der Waals surface area contributed by atoms with E-state index >= 15 is 0 Å². The zero-order valence-corrected chi connectivity index (χ0v) is 9.79. The van der Waals surface area contributed by atoms with E-state index in [2.05, 4.69) is 15.0 Å². The summed E-state index contributed by atoms with van der Waals surface area (Å²) < 4.78 is 4.62. The molecule has 1 aliphatic heterocycles. The summed E-state index contributed by atoms with van der Waals surface area (Å²) in [6.45, 7) is 3.24. The first-order chi connectivity index (χ1) is 7.27. The van der Waals surface area contributed by atoms with Crippen LogP contribution >= 0.6 is 0 Å². The fraction of sp³-hybridized carbons (Fsp3) is 0.909. The molecular formula is C11H22N2O2. The maximum absolute atomic E-state index is 10.9. The molecule has 1 heterocycles. The number of ether oxygens (including phenoxy) is 1. The van der Waals surface area contributed by atoms with Crippen LogP contribution in [0.5, 0.6) is 0 Å². The van der Waals surface area contributed by atoms with Gasteiger partial charge in [0.25, 0.3) is 0 Å². The summed E-state index contributed by atoms with van der Waals surface area (Å²) in [7, 11) is 3.44. The van der Waals surface area contributed by atoms with E-state index in [-0.39, 0.29) is 5.97 Å². The van der Waals surface area contributed by atoms with E-state index in [1.54, 1.807) is 0 Å². The quantitative estimate of drug-likeness (QED) is 0.658. The van der Waals surface area contributed by atoms with E-state index in [0.29, 0.717) is 12.5 Å². The maximum atomic E-state index is 10.9. The molecule has 4 heteroatoms. The number of rotatable bonds is 6. The average Bonchev–Trinajstić information content (AvgIpc) is 2.66. The van der Waals surface area contributed by atoms with Crippen LogP contribution in [0, 0.1) is 0 Å². The molecule has 0 radical (unpaired) electrons. The third-order valence-electron chi connectivity index (χ3n) is 2.99. The van der Waals surface area contributed by atoms with Crippen LogP contribution in [-0.2, 0) is 9.53 Å². The normalized spacial score (nSPS) is 21.9. The zero-order valence-electron chi connectivity index (χ0n) is 9.79. The third kappa shape index (κ3) is 4.18. The van der Waals surface area contributed by atoms with Crippen LogP contribution in [0.15, 0.2) is 0 Å². The van der Waals surface area contributed by atoms with E-state index in [1.165, 1.54) is 26.5 Å². The van der Waals surface area contributed by atoms with E-state index < -0.39 is 0 Å². The highest BCUT2D eigenvalue weighted by Gasteiger charge is 2.23. The van der Waals surface area contributed by atoms with Gasteiger partial charge in [-0.2, -0.15) is 0 Å². The van der Waals surface area contributed by atoms with Crippen LogP contribution in [0.4, 0.5) is 0 Å². The summed E-state index contributed by atoms with van der Waals surface area (Å²) in [5, 5.41) is 3.22. The molecule has 0 aromatic rings. The fourth-order valence-corrected chi connectivity index (χ4v) is 2.18. The highest BCUT2D eigenvalue weighted by molar-refractivity contribution is 5.69. The van der Waals surface area contributed by atoms with E-state index in [4.69, 9.17) is 0 Å². The molecule has 0 saturated carbocycles. The average molecular weight is 214 g/mol. The first kappa shape index (κ1) is 12.5. The second-order valence-corrected chi connectivity index (χ2v) is 4.07. The van der Waals surface area contributed by atoms with E-state index in [1.807, 2.05) is 7.05 Å². The number of nitrogens with one attached hydrogen (secondary N) is 1. The molecule has 1 aliphatic rings. The number of hydrogen-bond donors (Lipinski definition) is 1. The van der Waals surface area contributed by atoms with Crippen molar-refractivity contribution in [3.05, 3.63) is 0 Å². The van der Waals surface area contributed by atoms with Crippen molar-refractivity contribution < 1.29 is 9.53 Å². The molecule has 1 N–H and O–H groups in total. The van der Waals surface area contributed by atoms with Gasteiger partial charge >= 0.3 is 5.97 Å². The summed E-state index contributed by atoms with van der Waals surface area (Å²) in [5.74, 6) is -0.0978. The highest BCUT2D eigenvalue weighted by atomic mass is 16.5. The van der Waals surface area contributed by atoms with Crippen LogP contribution in [0.3, 0.4) is 0 Å². The molecule has 4 nitrogen and oxygen atoms in total. The molecule has 0 aromatic carbocycles. The molecule has 0 aromatic heterocycles. The van der Waals surface area contributed by atoms with E-state index in [0.717, 1.165) is 19.5 Å². The molecular weight excluding hydrogens is 192 g/mol. The van der Waals surface area contributed by atoms with Crippen molar-refractivity contribution in [1.82, 2.24) is 10.2 Å². The number of nitrogens with zero attached hydrogens (tertiary/aromatic N) is 1. The molecule has 0 spiro atoms. The second-order valence-electron chi connectivity index (χ2n) is 4.07. The van der Waals surface area contributed by atoms with Gasteiger partial charge in [0.05, 0.1) is 7.11 Å². The van der Waals surface area contributed by atoms with Crippen LogP contribution < -0.4 is 5.32 Å². The minimum atomic E-state index is -0.0978. The fourth-order valence-electron chi connectivity index (χ4n) is 2.18. The summed E-state index contributed by atoms with van der Waals surface area (Å²) in [6.07, 6.45) is 4.01. The predicted octanol–water partition coefficient (Wildman–Crippen LogP) is 0.623. The SMILES string of the molecule is CNCC1CCCN1CCCC(=O)OC. The Morgan fingerprint density at radius 3 is 3.07 bits per heavy atom. The highest BCUT2D eigenvalue weighted by Crippen LogP contribution is 2.16. The lowest BCUT2D eigenvalue weighted by atomic mass is 10.2. The lowest BCUT2D eigenvalue weighted by Gasteiger charge is -2.23. The van der Waals surface area contributed by atoms with Crippen LogP contribution in [0.25, 0.3) is 0 Å². The summed E-state index contributed by atoms with van der Waals surface area (Å²) >= 11 is 0. The Morgan fingerprint density at radius 1 is 1.60 bits per heavy atom. The standard InChI is InChI=1S/C11H22N2O2/c1-12-9-10-5-3-7-13(10)8-4-6-11(14)15-2/h10,12H,3-9H2,1-2H3. The smallest absolute Gasteiger partial charge is 0.305 e. The van der Waals surface area contributed by atoms with Gasteiger partial charge in [0.1, 0.15) is 0 Å². The van der Waals surface area contributed by atoms with Gasteiger partial charge in [0, 0.05) is 19.0 Å². The lowest BCUT2D eigenvalue weighted by molar-refractivity contribution is -0.140. The first-order valence-electron chi connectivity index (χ1n) is 5.73. The Balaban J connectivity index is 2.16. The Labute approximate surface area is 92.0 Å². The number of likely N-dealkylation sites (tertiary alicyclic amines) is 1. The van der Waals surface area contributed by atoms with Gasteiger partial charge in [-0.3, -0.25) is 9.69 Å². The Kier molecular flexibility index (Phi) is 5.65.